The van der Waals surface area contributed by atoms with Gasteiger partial charge in [0.2, 0.25) is 5.72 Å². The number of para-hydroxylation sites is 1. The van der Waals surface area contributed by atoms with Gasteiger partial charge >= 0.3 is 0 Å². The van der Waals surface area contributed by atoms with Crippen LogP contribution in [0.25, 0.3) is 0 Å². The van der Waals surface area contributed by atoms with Gasteiger partial charge in [-0.3, -0.25) is 0 Å². The number of benzene rings is 2. The Kier molecular flexibility index (Phi) is 4.82. The third-order valence-corrected chi connectivity index (χ3v) is 6.60. The van der Waals surface area contributed by atoms with E-state index < -0.39 is 5.72 Å². The quantitative estimate of drug-likeness (QED) is 0.825. The summed E-state index contributed by atoms with van der Waals surface area (Å²) in [5.74, 6) is 1.60. The van der Waals surface area contributed by atoms with E-state index in [9.17, 15) is 5.11 Å². The SMILES string of the molecule is CCCN1CCC2(CC1)Oc1ccccc1[C@H]1CC(c3ccc(O)c(OC)c3)=NN12. The molecule has 158 valence electrons. The predicted octanol–water partition coefficient (Wildman–Crippen LogP) is 4.15. The molecule has 1 spiro atoms. The normalized spacial score (nSPS) is 22.3. The summed E-state index contributed by atoms with van der Waals surface area (Å²) in [5.41, 5.74) is 2.79. The summed E-state index contributed by atoms with van der Waals surface area (Å²) in [6.45, 7) is 5.42. The van der Waals surface area contributed by atoms with Gasteiger partial charge in [-0.05, 0) is 37.2 Å². The number of likely N-dealkylation sites (tertiary alicyclic amines) is 1. The Hall–Kier alpha value is -2.73. The van der Waals surface area contributed by atoms with Crippen molar-refractivity contribution in [3.63, 3.8) is 0 Å². The monoisotopic (exact) mass is 407 g/mol. The fourth-order valence-corrected chi connectivity index (χ4v) is 5.03. The van der Waals surface area contributed by atoms with Gasteiger partial charge in [0.1, 0.15) is 5.75 Å². The van der Waals surface area contributed by atoms with Gasteiger partial charge in [-0.1, -0.05) is 25.1 Å². The number of hydrogen-bond acceptors (Lipinski definition) is 6. The van der Waals surface area contributed by atoms with E-state index in [1.54, 1.807) is 13.2 Å². The Bertz CT molecular complexity index is 966. The topological polar surface area (TPSA) is 57.5 Å². The van der Waals surface area contributed by atoms with Gasteiger partial charge in [-0.2, -0.15) is 5.10 Å². The van der Waals surface area contributed by atoms with Gasteiger partial charge in [0.05, 0.1) is 18.9 Å². The number of methoxy groups -OCH3 is 1. The fourth-order valence-electron chi connectivity index (χ4n) is 5.03. The lowest BCUT2D eigenvalue weighted by Gasteiger charge is -2.51. The number of hydrogen-bond donors (Lipinski definition) is 1. The Balaban J connectivity index is 1.51. The Morgan fingerprint density at radius 2 is 2.00 bits per heavy atom. The lowest BCUT2D eigenvalue weighted by molar-refractivity contribution is -0.149. The van der Waals surface area contributed by atoms with Crippen molar-refractivity contribution >= 4 is 5.71 Å². The van der Waals surface area contributed by atoms with E-state index in [2.05, 4.69) is 41.1 Å². The molecule has 0 saturated carbocycles. The molecule has 2 aromatic rings. The zero-order valence-corrected chi connectivity index (χ0v) is 17.7. The summed E-state index contributed by atoms with van der Waals surface area (Å²) in [6, 6.07) is 14.0. The highest BCUT2D eigenvalue weighted by Crippen LogP contribution is 2.50. The van der Waals surface area contributed by atoms with Crippen LogP contribution in [0, 0.1) is 0 Å². The van der Waals surface area contributed by atoms with Crippen LogP contribution in [0.15, 0.2) is 47.6 Å². The minimum absolute atomic E-state index is 0.144. The number of phenolic OH excluding ortho intramolecular Hbond substituents is 1. The lowest BCUT2D eigenvalue weighted by Crippen LogP contribution is -2.59. The van der Waals surface area contributed by atoms with Crippen molar-refractivity contribution in [1.82, 2.24) is 9.91 Å². The maximum Gasteiger partial charge on any atom is 0.200 e. The molecule has 2 aromatic carbocycles. The average Bonchev–Trinajstić information content (AvgIpc) is 3.23. The van der Waals surface area contributed by atoms with E-state index in [1.807, 2.05) is 12.1 Å². The number of nitrogens with zero attached hydrogens (tertiary/aromatic N) is 3. The van der Waals surface area contributed by atoms with E-state index in [0.29, 0.717) is 5.75 Å². The number of rotatable bonds is 4. The van der Waals surface area contributed by atoms with E-state index in [-0.39, 0.29) is 11.8 Å². The van der Waals surface area contributed by atoms with E-state index >= 15 is 0 Å². The first-order valence-corrected chi connectivity index (χ1v) is 10.9. The molecular formula is C24H29N3O3. The molecule has 0 radical (unpaired) electrons. The van der Waals surface area contributed by atoms with E-state index in [1.165, 1.54) is 12.0 Å². The van der Waals surface area contributed by atoms with E-state index in [0.717, 1.165) is 55.9 Å². The molecule has 6 heteroatoms. The number of phenols is 1. The largest absolute Gasteiger partial charge is 0.504 e. The molecule has 0 aliphatic carbocycles. The van der Waals surface area contributed by atoms with Crippen molar-refractivity contribution in [1.29, 1.82) is 0 Å². The van der Waals surface area contributed by atoms with Crippen LogP contribution in [0.5, 0.6) is 17.2 Å². The van der Waals surface area contributed by atoms with Crippen molar-refractivity contribution in [2.45, 2.75) is 44.4 Å². The van der Waals surface area contributed by atoms with Crippen molar-refractivity contribution in [2.24, 2.45) is 5.10 Å². The summed E-state index contributed by atoms with van der Waals surface area (Å²) in [7, 11) is 1.57. The molecule has 0 bridgehead atoms. The molecule has 6 nitrogen and oxygen atoms in total. The first-order chi connectivity index (χ1) is 14.6. The number of piperidine rings is 1. The van der Waals surface area contributed by atoms with Crippen LogP contribution in [0.4, 0.5) is 0 Å². The lowest BCUT2D eigenvalue weighted by atomic mass is 9.90. The Morgan fingerprint density at radius 3 is 2.77 bits per heavy atom. The summed E-state index contributed by atoms with van der Waals surface area (Å²) in [4.78, 5) is 2.52. The third kappa shape index (κ3) is 3.10. The van der Waals surface area contributed by atoms with Gasteiger partial charge in [0, 0.05) is 43.5 Å². The highest BCUT2D eigenvalue weighted by atomic mass is 16.5. The van der Waals surface area contributed by atoms with Gasteiger partial charge < -0.3 is 19.5 Å². The van der Waals surface area contributed by atoms with Crippen LogP contribution >= 0.6 is 0 Å². The third-order valence-electron chi connectivity index (χ3n) is 6.60. The van der Waals surface area contributed by atoms with Gasteiger partial charge in [0.25, 0.3) is 0 Å². The van der Waals surface area contributed by atoms with Crippen molar-refractivity contribution in [3.05, 3.63) is 53.6 Å². The molecule has 1 fully saturated rings. The number of aromatic hydroxyl groups is 1. The first-order valence-electron chi connectivity index (χ1n) is 10.9. The fraction of sp³-hybridized carbons (Fsp3) is 0.458. The molecule has 0 unspecified atom stereocenters. The Morgan fingerprint density at radius 1 is 1.20 bits per heavy atom. The molecule has 5 rings (SSSR count). The number of fused-ring (bicyclic) bond motifs is 4. The minimum Gasteiger partial charge on any atom is -0.504 e. The predicted molar refractivity (Wildman–Crippen MR) is 116 cm³/mol. The highest BCUT2D eigenvalue weighted by Gasteiger charge is 2.51. The molecule has 3 heterocycles. The molecule has 1 N–H and O–H groups in total. The highest BCUT2D eigenvalue weighted by molar-refractivity contribution is 6.02. The zero-order valence-electron chi connectivity index (χ0n) is 17.7. The van der Waals surface area contributed by atoms with Crippen LogP contribution in [0.2, 0.25) is 0 Å². The van der Waals surface area contributed by atoms with Crippen molar-refractivity contribution < 1.29 is 14.6 Å². The number of hydrazone groups is 1. The van der Waals surface area contributed by atoms with Crippen LogP contribution in [-0.4, -0.2) is 53.2 Å². The van der Waals surface area contributed by atoms with Crippen LogP contribution < -0.4 is 9.47 Å². The Labute approximate surface area is 177 Å². The summed E-state index contributed by atoms with van der Waals surface area (Å²) >= 11 is 0. The standard InChI is InChI=1S/C24H29N3O3/c1-3-12-26-13-10-24(11-14-26)27-20(18-6-4-5-7-22(18)30-24)16-19(25-27)17-8-9-21(28)23(15-17)29-2/h4-9,15,20,28H,3,10-14,16H2,1-2H3/t20-/m1/s1. The molecular weight excluding hydrogens is 378 g/mol. The molecule has 1 atom stereocenters. The second-order valence-corrected chi connectivity index (χ2v) is 8.43. The molecule has 3 aliphatic rings. The smallest absolute Gasteiger partial charge is 0.200 e. The second-order valence-electron chi connectivity index (χ2n) is 8.43. The second kappa shape index (κ2) is 7.51. The number of ether oxygens (including phenoxy) is 2. The molecule has 0 amide bonds. The molecule has 0 aromatic heterocycles. The molecule has 1 saturated heterocycles. The first kappa shape index (κ1) is 19.2. The van der Waals surface area contributed by atoms with Crippen LogP contribution in [0.1, 0.15) is 49.8 Å². The minimum atomic E-state index is -0.397. The zero-order chi connectivity index (χ0) is 20.7. The summed E-state index contributed by atoms with van der Waals surface area (Å²) in [6.07, 6.45) is 3.86. The van der Waals surface area contributed by atoms with Crippen LogP contribution in [0.3, 0.4) is 0 Å². The van der Waals surface area contributed by atoms with Gasteiger partial charge in [-0.25, -0.2) is 5.01 Å². The van der Waals surface area contributed by atoms with Crippen molar-refractivity contribution in [3.8, 4) is 17.2 Å². The maximum atomic E-state index is 9.98. The summed E-state index contributed by atoms with van der Waals surface area (Å²) in [5, 5.41) is 17.3. The summed E-state index contributed by atoms with van der Waals surface area (Å²) < 4.78 is 12.0. The van der Waals surface area contributed by atoms with Gasteiger partial charge in [-0.15, -0.1) is 0 Å². The maximum absolute atomic E-state index is 9.98. The molecule has 3 aliphatic heterocycles. The van der Waals surface area contributed by atoms with Crippen LogP contribution in [-0.2, 0) is 0 Å². The van der Waals surface area contributed by atoms with E-state index in [4.69, 9.17) is 14.6 Å². The van der Waals surface area contributed by atoms with Gasteiger partial charge in [0.15, 0.2) is 11.5 Å². The average molecular weight is 408 g/mol. The molecule has 30 heavy (non-hydrogen) atoms. The van der Waals surface area contributed by atoms with Crippen molar-refractivity contribution in [2.75, 3.05) is 26.7 Å².